The lowest BCUT2D eigenvalue weighted by Gasteiger charge is -2.02. The molecular formula is C14H28O5S. The summed E-state index contributed by atoms with van der Waals surface area (Å²) in [5, 5.41) is 0. The molecule has 0 spiro atoms. The van der Waals surface area contributed by atoms with Crippen molar-refractivity contribution in [3.63, 3.8) is 0 Å². The molecule has 0 atom stereocenters. The average molecular weight is 308 g/mol. The highest BCUT2D eigenvalue weighted by atomic mass is 32.3. The molecule has 0 saturated heterocycles. The number of carbonyl (C=O) groups is 1. The quantitative estimate of drug-likeness (QED) is 0.410. The molecule has 0 heterocycles. The zero-order chi connectivity index (χ0) is 15.3. The van der Waals surface area contributed by atoms with Crippen LogP contribution in [0.15, 0.2) is 0 Å². The molecule has 20 heavy (non-hydrogen) atoms. The van der Waals surface area contributed by atoms with Gasteiger partial charge in [-0.15, -0.1) is 0 Å². The summed E-state index contributed by atoms with van der Waals surface area (Å²) >= 11 is 0. The molecular weight excluding hydrogens is 280 g/mol. The van der Waals surface area contributed by atoms with Crippen molar-refractivity contribution in [3.8, 4) is 0 Å². The van der Waals surface area contributed by atoms with Crippen molar-refractivity contribution in [1.82, 2.24) is 0 Å². The first-order valence-electron chi connectivity index (χ1n) is 7.65. The predicted molar refractivity (Wildman–Crippen MR) is 78.7 cm³/mol. The first-order valence-corrected chi connectivity index (χ1v) is 9.02. The fourth-order valence-electron chi connectivity index (χ4n) is 2.09. The van der Waals surface area contributed by atoms with Crippen molar-refractivity contribution in [3.05, 3.63) is 0 Å². The maximum atomic E-state index is 11.0. The number of hydrogen-bond donors (Lipinski definition) is 1. The molecule has 0 fully saturated rings. The molecule has 0 bridgehead atoms. The second-order valence-electron chi connectivity index (χ2n) is 5.17. The minimum Gasteiger partial charge on any atom is -0.325 e. The van der Waals surface area contributed by atoms with Crippen molar-refractivity contribution >= 4 is 16.4 Å². The van der Waals surface area contributed by atoms with Crippen LogP contribution < -0.4 is 0 Å². The SMILES string of the molecule is CCCCCCCCCCCCCC(=O)OS(=O)(=O)O. The molecule has 0 aliphatic heterocycles. The highest BCUT2D eigenvalue weighted by molar-refractivity contribution is 7.81. The highest BCUT2D eigenvalue weighted by Crippen LogP contribution is 2.12. The van der Waals surface area contributed by atoms with E-state index in [9.17, 15) is 13.2 Å². The summed E-state index contributed by atoms with van der Waals surface area (Å²) in [6.07, 6.45) is 12.8. The Morgan fingerprint density at radius 2 is 1.25 bits per heavy atom. The van der Waals surface area contributed by atoms with Crippen LogP contribution in [0.25, 0.3) is 0 Å². The lowest BCUT2D eigenvalue weighted by atomic mass is 10.1. The van der Waals surface area contributed by atoms with Crippen LogP contribution in [0.4, 0.5) is 0 Å². The molecule has 0 aromatic rings. The molecule has 0 saturated carbocycles. The van der Waals surface area contributed by atoms with E-state index in [-0.39, 0.29) is 6.42 Å². The van der Waals surface area contributed by atoms with Gasteiger partial charge in [0, 0.05) is 6.42 Å². The first-order chi connectivity index (χ1) is 9.45. The highest BCUT2D eigenvalue weighted by Gasteiger charge is 2.12. The largest absolute Gasteiger partial charge is 0.448 e. The van der Waals surface area contributed by atoms with Gasteiger partial charge in [0.2, 0.25) is 0 Å². The molecule has 0 aliphatic rings. The summed E-state index contributed by atoms with van der Waals surface area (Å²) in [4.78, 5) is 11.0. The Hall–Kier alpha value is -0.620. The molecule has 120 valence electrons. The van der Waals surface area contributed by atoms with E-state index in [4.69, 9.17) is 4.55 Å². The summed E-state index contributed by atoms with van der Waals surface area (Å²) in [6, 6.07) is 0. The Kier molecular flexibility index (Phi) is 11.8. The van der Waals surface area contributed by atoms with Gasteiger partial charge in [0.05, 0.1) is 0 Å². The van der Waals surface area contributed by atoms with Gasteiger partial charge in [-0.3, -0.25) is 9.35 Å². The maximum absolute atomic E-state index is 11.0. The third-order valence-electron chi connectivity index (χ3n) is 3.18. The average Bonchev–Trinajstić information content (AvgIpc) is 2.34. The second-order valence-corrected chi connectivity index (χ2v) is 6.19. The molecule has 0 aromatic heterocycles. The van der Waals surface area contributed by atoms with Crippen molar-refractivity contribution in [1.29, 1.82) is 0 Å². The molecule has 0 radical (unpaired) electrons. The van der Waals surface area contributed by atoms with Gasteiger partial charge in [0.1, 0.15) is 0 Å². The van der Waals surface area contributed by atoms with Gasteiger partial charge in [-0.05, 0) is 6.42 Å². The van der Waals surface area contributed by atoms with Crippen LogP contribution in [0.2, 0.25) is 0 Å². The second kappa shape index (κ2) is 12.1. The lowest BCUT2D eigenvalue weighted by molar-refractivity contribution is -0.134. The zero-order valence-electron chi connectivity index (χ0n) is 12.5. The van der Waals surface area contributed by atoms with Crippen LogP contribution in [0, 0.1) is 0 Å². The summed E-state index contributed by atoms with van der Waals surface area (Å²) in [5.74, 6) is -0.886. The van der Waals surface area contributed by atoms with Gasteiger partial charge in [-0.2, -0.15) is 8.42 Å². The van der Waals surface area contributed by atoms with Crippen molar-refractivity contribution in [2.45, 2.75) is 84.0 Å². The summed E-state index contributed by atoms with van der Waals surface area (Å²) in [7, 11) is -4.64. The van der Waals surface area contributed by atoms with E-state index in [2.05, 4.69) is 11.1 Å². The Balaban J connectivity index is 3.23. The standard InChI is InChI=1S/C14H28O5S/c1-2-3-4-5-6-7-8-9-10-11-12-13-14(15)19-20(16,17)18/h2-13H2,1H3,(H,16,17,18). The van der Waals surface area contributed by atoms with E-state index in [1.54, 1.807) is 0 Å². The maximum Gasteiger partial charge on any atom is 0.448 e. The zero-order valence-corrected chi connectivity index (χ0v) is 13.3. The number of unbranched alkanes of at least 4 members (excludes halogenated alkanes) is 10. The third-order valence-corrected chi connectivity index (χ3v) is 3.58. The molecule has 6 heteroatoms. The van der Waals surface area contributed by atoms with E-state index in [0.717, 1.165) is 19.3 Å². The van der Waals surface area contributed by atoms with Crippen LogP contribution in [0.5, 0.6) is 0 Å². The van der Waals surface area contributed by atoms with E-state index < -0.39 is 16.4 Å². The van der Waals surface area contributed by atoms with Gasteiger partial charge in [-0.25, -0.2) is 0 Å². The van der Waals surface area contributed by atoms with Crippen LogP contribution in [-0.4, -0.2) is 18.9 Å². The summed E-state index contributed by atoms with van der Waals surface area (Å²) < 4.78 is 32.6. The van der Waals surface area contributed by atoms with E-state index in [1.165, 1.54) is 44.9 Å². The van der Waals surface area contributed by atoms with Gasteiger partial charge in [0.15, 0.2) is 0 Å². The molecule has 0 unspecified atom stereocenters. The minimum absolute atomic E-state index is 0.0385. The van der Waals surface area contributed by atoms with Crippen LogP contribution in [-0.2, 0) is 19.4 Å². The lowest BCUT2D eigenvalue weighted by Crippen LogP contribution is -2.11. The Morgan fingerprint density at radius 3 is 1.65 bits per heavy atom. The fourth-order valence-corrected chi connectivity index (χ4v) is 2.41. The Morgan fingerprint density at radius 1 is 0.850 bits per heavy atom. The first kappa shape index (κ1) is 19.4. The summed E-state index contributed by atoms with van der Waals surface area (Å²) in [5.41, 5.74) is 0. The predicted octanol–water partition coefficient (Wildman–Crippen LogP) is 4.03. The van der Waals surface area contributed by atoms with Gasteiger partial charge in [-0.1, -0.05) is 71.1 Å². The Bertz CT molecular complexity index is 337. The minimum atomic E-state index is -4.64. The number of rotatable bonds is 13. The van der Waals surface area contributed by atoms with Crippen LogP contribution >= 0.6 is 0 Å². The van der Waals surface area contributed by atoms with Crippen molar-refractivity contribution in [2.75, 3.05) is 0 Å². The number of carbonyl (C=O) groups excluding carboxylic acids is 1. The van der Waals surface area contributed by atoms with E-state index in [0.29, 0.717) is 6.42 Å². The Labute approximate surface area is 123 Å². The molecule has 1 N–H and O–H groups in total. The fraction of sp³-hybridized carbons (Fsp3) is 0.929. The molecule has 0 amide bonds. The van der Waals surface area contributed by atoms with Crippen molar-refractivity contribution < 1.29 is 21.9 Å². The van der Waals surface area contributed by atoms with Crippen molar-refractivity contribution in [2.24, 2.45) is 0 Å². The molecule has 0 rings (SSSR count). The van der Waals surface area contributed by atoms with E-state index >= 15 is 0 Å². The van der Waals surface area contributed by atoms with E-state index in [1.807, 2.05) is 0 Å². The van der Waals surface area contributed by atoms with Crippen LogP contribution in [0.1, 0.15) is 84.0 Å². The van der Waals surface area contributed by atoms with Gasteiger partial charge in [0.25, 0.3) is 0 Å². The molecule has 5 nitrogen and oxygen atoms in total. The summed E-state index contributed by atoms with van der Waals surface area (Å²) in [6.45, 7) is 2.21. The van der Waals surface area contributed by atoms with Gasteiger partial charge >= 0.3 is 16.4 Å². The molecule has 0 aliphatic carbocycles. The van der Waals surface area contributed by atoms with Crippen LogP contribution in [0.3, 0.4) is 0 Å². The monoisotopic (exact) mass is 308 g/mol. The molecule has 0 aromatic carbocycles. The number of hydrogen-bond acceptors (Lipinski definition) is 4. The third kappa shape index (κ3) is 15.4. The smallest absolute Gasteiger partial charge is 0.325 e. The normalized spacial score (nSPS) is 11.5. The topological polar surface area (TPSA) is 80.7 Å². The van der Waals surface area contributed by atoms with Gasteiger partial charge < -0.3 is 4.18 Å².